The predicted octanol–water partition coefficient (Wildman–Crippen LogP) is 0.853. The van der Waals surface area contributed by atoms with E-state index in [0.717, 1.165) is 5.92 Å². The summed E-state index contributed by atoms with van der Waals surface area (Å²) in [4.78, 5) is 2.47. The monoisotopic (exact) mass is 155 g/mol. The molecule has 2 fully saturated rings. The molecule has 1 saturated carbocycles. The van der Waals surface area contributed by atoms with Gasteiger partial charge in [-0.25, -0.2) is 0 Å². The summed E-state index contributed by atoms with van der Waals surface area (Å²) < 4.78 is 0. The molecule has 2 nitrogen and oxygen atoms in total. The van der Waals surface area contributed by atoms with Crippen molar-refractivity contribution in [1.29, 1.82) is 0 Å². The molecule has 0 amide bonds. The molecule has 0 bridgehead atoms. The second-order valence-corrected chi connectivity index (χ2v) is 3.92. The molecule has 0 radical (unpaired) electrons. The Morgan fingerprint density at radius 2 is 2.09 bits per heavy atom. The van der Waals surface area contributed by atoms with Gasteiger partial charge in [-0.3, -0.25) is 4.90 Å². The molecule has 1 atom stereocenters. The molecule has 1 aliphatic carbocycles. The smallest absolute Gasteiger partial charge is 0.0586 e. The SMILES string of the molecule is OC[C@H]1CCCN1CC1CC1. The van der Waals surface area contributed by atoms with Gasteiger partial charge in [-0.15, -0.1) is 0 Å². The maximum atomic E-state index is 9.03. The van der Waals surface area contributed by atoms with Gasteiger partial charge in [0.05, 0.1) is 6.61 Å². The average Bonchev–Trinajstić information content (AvgIpc) is 2.68. The second-order valence-electron chi connectivity index (χ2n) is 3.92. The second kappa shape index (κ2) is 3.11. The highest BCUT2D eigenvalue weighted by molar-refractivity contribution is 4.84. The molecule has 0 unspecified atom stereocenters. The van der Waals surface area contributed by atoms with Crippen LogP contribution < -0.4 is 0 Å². The number of aliphatic hydroxyl groups is 1. The number of nitrogens with zero attached hydrogens (tertiary/aromatic N) is 1. The Hall–Kier alpha value is -0.0800. The van der Waals surface area contributed by atoms with Crippen molar-refractivity contribution in [3.63, 3.8) is 0 Å². The Morgan fingerprint density at radius 3 is 2.73 bits per heavy atom. The Balaban J connectivity index is 1.79. The molecule has 1 heterocycles. The normalized spacial score (nSPS) is 33.0. The van der Waals surface area contributed by atoms with Crippen LogP contribution in [0.25, 0.3) is 0 Å². The van der Waals surface area contributed by atoms with E-state index >= 15 is 0 Å². The van der Waals surface area contributed by atoms with E-state index in [9.17, 15) is 0 Å². The van der Waals surface area contributed by atoms with E-state index in [1.165, 1.54) is 38.8 Å². The van der Waals surface area contributed by atoms with Crippen LogP contribution in [0.2, 0.25) is 0 Å². The van der Waals surface area contributed by atoms with E-state index in [0.29, 0.717) is 12.6 Å². The van der Waals surface area contributed by atoms with Crippen LogP contribution in [0, 0.1) is 5.92 Å². The van der Waals surface area contributed by atoms with E-state index < -0.39 is 0 Å². The van der Waals surface area contributed by atoms with Gasteiger partial charge in [0.2, 0.25) is 0 Å². The van der Waals surface area contributed by atoms with Crippen LogP contribution >= 0.6 is 0 Å². The highest BCUT2D eigenvalue weighted by Crippen LogP contribution is 2.32. The molecular formula is C9H17NO. The summed E-state index contributed by atoms with van der Waals surface area (Å²) in [6.07, 6.45) is 5.35. The van der Waals surface area contributed by atoms with Crippen LogP contribution in [0.5, 0.6) is 0 Å². The van der Waals surface area contributed by atoms with Crippen molar-refractivity contribution in [3.05, 3.63) is 0 Å². The van der Waals surface area contributed by atoms with Crippen molar-refractivity contribution in [3.8, 4) is 0 Å². The van der Waals surface area contributed by atoms with Crippen molar-refractivity contribution in [2.24, 2.45) is 5.92 Å². The molecule has 2 heteroatoms. The quantitative estimate of drug-likeness (QED) is 0.653. The lowest BCUT2D eigenvalue weighted by Gasteiger charge is -2.21. The molecule has 0 spiro atoms. The highest BCUT2D eigenvalue weighted by atomic mass is 16.3. The van der Waals surface area contributed by atoms with Gasteiger partial charge >= 0.3 is 0 Å². The van der Waals surface area contributed by atoms with Crippen LogP contribution in [-0.4, -0.2) is 35.7 Å². The Bertz CT molecular complexity index is 134. The van der Waals surface area contributed by atoms with Crippen LogP contribution in [-0.2, 0) is 0 Å². The van der Waals surface area contributed by atoms with Gasteiger partial charge < -0.3 is 5.11 Å². The summed E-state index contributed by atoms with van der Waals surface area (Å²) >= 11 is 0. The standard InChI is InChI=1S/C9H17NO/c11-7-9-2-1-5-10(9)6-8-3-4-8/h8-9,11H,1-7H2/t9-/m1/s1. The van der Waals surface area contributed by atoms with Gasteiger partial charge in [0.25, 0.3) is 0 Å². The number of rotatable bonds is 3. The Kier molecular flexibility index (Phi) is 2.14. The summed E-state index contributed by atoms with van der Waals surface area (Å²) in [5.74, 6) is 0.974. The van der Waals surface area contributed by atoms with E-state index in [1.807, 2.05) is 0 Å². The van der Waals surface area contributed by atoms with Crippen molar-refractivity contribution in [1.82, 2.24) is 4.90 Å². The maximum absolute atomic E-state index is 9.03. The lowest BCUT2D eigenvalue weighted by molar-refractivity contribution is 0.154. The molecule has 0 aromatic heterocycles. The highest BCUT2D eigenvalue weighted by Gasteiger charge is 2.30. The molecule has 2 aliphatic rings. The molecule has 0 aromatic carbocycles. The average molecular weight is 155 g/mol. The van der Waals surface area contributed by atoms with Crippen LogP contribution in [0.3, 0.4) is 0 Å². The fraction of sp³-hybridized carbons (Fsp3) is 1.00. The maximum Gasteiger partial charge on any atom is 0.0586 e. The molecule has 1 N–H and O–H groups in total. The van der Waals surface area contributed by atoms with Gasteiger partial charge in [-0.1, -0.05) is 0 Å². The Labute approximate surface area is 68.2 Å². The van der Waals surface area contributed by atoms with E-state index in [2.05, 4.69) is 4.90 Å². The minimum Gasteiger partial charge on any atom is -0.395 e. The summed E-state index contributed by atoms with van der Waals surface area (Å²) in [5.41, 5.74) is 0. The summed E-state index contributed by atoms with van der Waals surface area (Å²) in [6, 6.07) is 0.496. The van der Waals surface area contributed by atoms with Gasteiger partial charge in [0, 0.05) is 12.6 Å². The molecule has 1 aliphatic heterocycles. The van der Waals surface area contributed by atoms with Gasteiger partial charge in [0.15, 0.2) is 0 Å². The third-order valence-corrected chi connectivity index (χ3v) is 2.90. The third-order valence-electron chi connectivity index (χ3n) is 2.90. The largest absolute Gasteiger partial charge is 0.395 e. The Morgan fingerprint density at radius 1 is 1.27 bits per heavy atom. The fourth-order valence-corrected chi connectivity index (χ4v) is 1.97. The number of aliphatic hydroxyl groups excluding tert-OH is 1. The topological polar surface area (TPSA) is 23.5 Å². The molecule has 11 heavy (non-hydrogen) atoms. The lowest BCUT2D eigenvalue weighted by Crippen LogP contribution is -2.33. The zero-order valence-corrected chi connectivity index (χ0v) is 7.00. The van der Waals surface area contributed by atoms with Crippen molar-refractivity contribution >= 4 is 0 Å². The van der Waals surface area contributed by atoms with Crippen molar-refractivity contribution in [2.75, 3.05) is 19.7 Å². The number of hydrogen-bond donors (Lipinski definition) is 1. The first-order valence-corrected chi connectivity index (χ1v) is 4.75. The third kappa shape index (κ3) is 1.74. The van der Waals surface area contributed by atoms with Gasteiger partial charge in [-0.2, -0.15) is 0 Å². The lowest BCUT2D eigenvalue weighted by atomic mass is 10.2. The van der Waals surface area contributed by atoms with Crippen molar-refractivity contribution in [2.45, 2.75) is 31.7 Å². The first-order chi connectivity index (χ1) is 5.40. The summed E-state index contributed by atoms with van der Waals surface area (Å²) in [7, 11) is 0. The van der Waals surface area contributed by atoms with Crippen LogP contribution in [0.1, 0.15) is 25.7 Å². The first-order valence-electron chi connectivity index (χ1n) is 4.75. The first kappa shape index (κ1) is 7.56. The van der Waals surface area contributed by atoms with E-state index in [1.54, 1.807) is 0 Å². The fourth-order valence-electron chi connectivity index (χ4n) is 1.97. The van der Waals surface area contributed by atoms with Gasteiger partial charge in [-0.05, 0) is 38.1 Å². The van der Waals surface area contributed by atoms with E-state index in [4.69, 9.17) is 5.11 Å². The minimum atomic E-state index is 0.368. The molecule has 1 saturated heterocycles. The zero-order chi connectivity index (χ0) is 7.68. The molecule has 2 rings (SSSR count). The van der Waals surface area contributed by atoms with E-state index in [-0.39, 0.29) is 0 Å². The number of hydrogen-bond acceptors (Lipinski definition) is 2. The zero-order valence-electron chi connectivity index (χ0n) is 7.00. The summed E-state index contributed by atoms with van der Waals surface area (Å²) in [5, 5.41) is 9.03. The molecule has 0 aromatic rings. The van der Waals surface area contributed by atoms with Crippen molar-refractivity contribution < 1.29 is 5.11 Å². The van der Waals surface area contributed by atoms with Gasteiger partial charge in [0.1, 0.15) is 0 Å². The molecular weight excluding hydrogens is 138 g/mol. The predicted molar refractivity (Wildman–Crippen MR) is 44.4 cm³/mol. The minimum absolute atomic E-state index is 0.368. The number of likely N-dealkylation sites (tertiary alicyclic amines) is 1. The van der Waals surface area contributed by atoms with Crippen LogP contribution in [0.15, 0.2) is 0 Å². The summed E-state index contributed by atoms with van der Waals surface area (Å²) in [6.45, 7) is 2.85. The molecule has 64 valence electrons. The van der Waals surface area contributed by atoms with Crippen LogP contribution in [0.4, 0.5) is 0 Å².